The molecule has 0 aliphatic heterocycles. The van der Waals surface area contributed by atoms with Crippen molar-refractivity contribution < 1.29 is 9.90 Å². The minimum Gasteiger partial charge on any atom is -0.478 e. The van der Waals surface area contributed by atoms with E-state index in [0.717, 1.165) is 11.1 Å². The summed E-state index contributed by atoms with van der Waals surface area (Å²) in [6.45, 7) is 3.47. The lowest BCUT2D eigenvalue weighted by Gasteiger charge is -2.08. The number of hydrogen-bond donors (Lipinski definition) is 2. The maximum atomic E-state index is 11.4. The average molecular weight is 325 g/mol. The van der Waals surface area contributed by atoms with Crippen LogP contribution in [0.3, 0.4) is 0 Å². The molecule has 0 saturated heterocycles. The Morgan fingerprint density at radius 2 is 2.14 bits per heavy atom. The number of benzene rings is 1. The van der Waals surface area contributed by atoms with Crippen molar-refractivity contribution in [3.8, 4) is 0 Å². The topological polar surface area (TPSA) is 83.0 Å². The Morgan fingerprint density at radius 1 is 1.43 bits per heavy atom. The minimum atomic E-state index is -1.12. The van der Waals surface area contributed by atoms with E-state index in [1.54, 1.807) is 0 Å². The van der Waals surface area contributed by atoms with Crippen LogP contribution in [0.1, 0.15) is 27.2 Å². The number of aromatic nitrogens is 2. The van der Waals surface area contributed by atoms with Gasteiger partial charge in [0.25, 0.3) is 0 Å². The van der Waals surface area contributed by atoms with Crippen molar-refractivity contribution in [3.63, 3.8) is 0 Å². The third-order valence-corrected chi connectivity index (χ3v) is 4.25. The van der Waals surface area contributed by atoms with Crippen LogP contribution >= 0.6 is 23.4 Å². The number of carbonyl (C=O) groups is 1. The monoisotopic (exact) mass is 324 g/mol. The van der Waals surface area contributed by atoms with Crippen LogP contribution in [0.2, 0.25) is 5.02 Å². The molecule has 0 bridgehead atoms. The fraction of sp³-hybridized carbons (Fsp3) is 0.214. The summed E-state index contributed by atoms with van der Waals surface area (Å²) in [6.07, 6.45) is 0. The molecule has 0 aliphatic carbocycles. The molecule has 0 saturated carbocycles. The van der Waals surface area contributed by atoms with E-state index in [4.69, 9.17) is 11.6 Å². The van der Waals surface area contributed by atoms with Crippen molar-refractivity contribution in [2.75, 3.05) is 0 Å². The largest absolute Gasteiger partial charge is 0.478 e. The van der Waals surface area contributed by atoms with Gasteiger partial charge in [0.05, 0.1) is 0 Å². The lowest BCUT2D eigenvalue weighted by molar-refractivity contribution is 0.0690. The molecule has 1 heterocycles. The summed E-state index contributed by atoms with van der Waals surface area (Å²) in [7, 11) is 0. The van der Waals surface area contributed by atoms with Gasteiger partial charge in [0.15, 0.2) is 0 Å². The van der Waals surface area contributed by atoms with E-state index in [9.17, 15) is 14.7 Å². The first-order valence-corrected chi connectivity index (χ1v) is 7.47. The third-order valence-electron chi connectivity index (χ3n) is 2.87. The molecule has 0 atom stereocenters. The maximum Gasteiger partial charge on any atom is 0.346 e. The zero-order chi connectivity index (χ0) is 15.6. The summed E-state index contributed by atoms with van der Waals surface area (Å²) in [5.41, 5.74) is 1.66. The Morgan fingerprint density at radius 3 is 2.76 bits per heavy atom. The van der Waals surface area contributed by atoms with Gasteiger partial charge in [0.1, 0.15) is 10.6 Å². The molecule has 0 aliphatic rings. The Bertz CT molecular complexity index is 758. The number of aromatic amines is 1. The smallest absolute Gasteiger partial charge is 0.346 e. The molecule has 2 N–H and O–H groups in total. The number of aryl methyl sites for hydroxylation is 2. The lowest BCUT2D eigenvalue weighted by Crippen LogP contribution is -2.18. The third kappa shape index (κ3) is 3.65. The average Bonchev–Trinajstić information content (AvgIpc) is 2.36. The Labute approximate surface area is 130 Å². The summed E-state index contributed by atoms with van der Waals surface area (Å²) in [4.78, 5) is 28.8. The second-order valence-electron chi connectivity index (χ2n) is 4.54. The number of carboxylic acids is 1. The molecule has 110 valence electrons. The second kappa shape index (κ2) is 6.32. The first-order valence-electron chi connectivity index (χ1n) is 6.10. The van der Waals surface area contributed by atoms with E-state index in [1.807, 2.05) is 25.1 Å². The van der Waals surface area contributed by atoms with Gasteiger partial charge in [-0.15, -0.1) is 11.8 Å². The minimum absolute atomic E-state index is 0.0165. The summed E-state index contributed by atoms with van der Waals surface area (Å²) in [6, 6.07) is 5.65. The first-order chi connectivity index (χ1) is 9.88. The molecule has 1 aromatic heterocycles. The lowest BCUT2D eigenvalue weighted by atomic mass is 10.2. The number of aromatic carboxylic acids is 1. The number of rotatable bonds is 4. The fourth-order valence-electron chi connectivity index (χ4n) is 1.83. The van der Waals surface area contributed by atoms with Crippen LogP contribution in [0, 0.1) is 13.8 Å². The number of nitrogens with one attached hydrogen (secondary N) is 1. The van der Waals surface area contributed by atoms with Gasteiger partial charge in [-0.1, -0.05) is 23.7 Å². The fourth-order valence-corrected chi connectivity index (χ4v) is 3.29. The molecule has 1 aromatic carbocycles. The number of hydrogen-bond acceptors (Lipinski definition) is 4. The van der Waals surface area contributed by atoms with Gasteiger partial charge in [-0.3, -0.25) is 0 Å². The van der Waals surface area contributed by atoms with Crippen molar-refractivity contribution in [3.05, 3.63) is 56.1 Å². The van der Waals surface area contributed by atoms with Crippen LogP contribution in [0.5, 0.6) is 0 Å². The molecule has 0 spiro atoms. The summed E-state index contributed by atoms with van der Waals surface area (Å²) >= 11 is 7.32. The normalized spacial score (nSPS) is 10.6. The highest BCUT2D eigenvalue weighted by Crippen LogP contribution is 2.28. The Hall–Kier alpha value is -1.79. The van der Waals surface area contributed by atoms with E-state index in [0.29, 0.717) is 16.5 Å². The molecule has 0 amide bonds. The zero-order valence-corrected chi connectivity index (χ0v) is 13.0. The predicted molar refractivity (Wildman–Crippen MR) is 82.3 cm³/mol. The molecule has 0 unspecified atom stereocenters. The maximum absolute atomic E-state index is 11.4. The summed E-state index contributed by atoms with van der Waals surface area (Å²) < 4.78 is 0. The van der Waals surface area contributed by atoms with Crippen LogP contribution in [0.15, 0.2) is 28.0 Å². The number of H-pyrrole nitrogens is 1. The van der Waals surface area contributed by atoms with Crippen molar-refractivity contribution in [2.24, 2.45) is 0 Å². The number of carboxylic acid groups (broad SMARTS) is 1. The van der Waals surface area contributed by atoms with E-state index >= 15 is 0 Å². The molecule has 5 nitrogen and oxygen atoms in total. The molecule has 2 rings (SSSR count). The van der Waals surface area contributed by atoms with Gasteiger partial charge in [-0.25, -0.2) is 9.59 Å². The summed E-state index contributed by atoms with van der Waals surface area (Å²) in [5.74, 6) is -0.677. The zero-order valence-electron chi connectivity index (χ0n) is 11.4. The number of halogens is 1. The van der Waals surface area contributed by atoms with E-state index < -0.39 is 11.7 Å². The van der Waals surface area contributed by atoms with Gasteiger partial charge in [0.2, 0.25) is 0 Å². The standard InChI is InChI=1S/C14H13ClN2O3S/c1-7-3-4-9(10(15)5-7)6-21-12-11(13(18)19)8(2)16-14(20)17-12/h3-5H,6H2,1-2H3,(H,18,19)(H,16,17,20). The van der Waals surface area contributed by atoms with Crippen molar-refractivity contribution in [1.29, 1.82) is 0 Å². The number of thioether (sulfide) groups is 1. The van der Waals surface area contributed by atoms with Gasteiger partial charge >= 0.3 is 11.7 Å². The van der Waals surface area contributed by atoms with E-state index in [2.05, 4.69) is 9.97 Å². The van der Waals surface area contributed by atoms with Crippen LogP contribution in [0.25, 0.3) is 0 Å². The first kappa shape index (κ1) is 15.6. The molecular weight excluding hydrogens is 312 g/mol. The van der Waals surface area contributed by atoms with Crippen molar-refractivity contribution in [2.45, 2.75) is 24.6 Å². The quantitative estimate of drug-likeness (QED) is 0.667. The van der Waals surface area contributed by atoms with Gasteiger partial charge in [0, 0.05) is 16.5 Å². The van der Waals surface area contributed by atoms with Gasteiger partial charge in [-0.2, -0.15) is 4.98 Å². The highest BCUT2D eigenvalue weighted by atomic mass is 35.5. The van der Waals surface area contributed by atoms with Gasteiger partial charge < -0.3 is 10.1 Å². The number of nitrogens with zero attached hydrogens (tertiary/aromatic N) is 1. The summed E-state index contributed by atoms with van der Waals surface area (Å²) in [5, 5.41) is 10.0. The van der Waals surface area contributed by atoms with Crippen molar-refractivity contribution >= 4 is 29.3 Å². The molecule has 0 radical (unpaired) electrons. The van der Waals surface area contributed by atoms with Crippen LogP contribution < -0.4 is 5.69 Å². The highest BCUT2D eigenvalue weighted by Gasteiger charge is 2.17. The molecule has 0 fully saturated rings. The Kier molecular flexibility index (Phi) is 4.69. The van der Waals surface area contributed by atoms with E-state index in [1.165, 1.54) is 18.7 Å². The van der Waals surface area contributed by atoms with E-state index in [-0.39, 0.29) is 10.6 Å². The molecule has 21 heavy (non-hydrogen) atoms. The SMILES string of the molecule is Cc1ccc(CSc2nc(=O)[nH]c(C)c2C(=O)O)c(Cl)c1. The van der Waals surface area contributed by atoms with Crippen LogP contribution in [-0.4, -0.2) is 21.0 Å². The van der Waals surface area contributed by atoms with Crippen LogP contribution in [0.4, 0.5) is 0 Å². The predicted octanol–water partition coefficient (Wildman–Crippen LogP) is 3.03. The second-order valence-corrected chi connectivity index (χ2v) is 5.91. The molecule has 7 heteroatoms. The highest BCUT2D eigenvalue weighted by molar-refractivity contribution is 7.98. The van der Waals surface area contributed by atoms with Crippen LogP contribution in [-0.2, 0) is 5.75 Å². The Balaban J connectivity index is 2.31. The molecular formula is C14H13ClN2O3S. The van der Waals surface area contributed by atoms with Gasteiger partial charge in [-0.05, 0) is 31.0 Å². The molecule has 2 aromatic rings. The van der Waals surface area contributed by atoms with Crippen molar-refractivity contribution in [1.82, 2.24) is 9.97 Å².